The van der Waals surface area contributed by atoms with Crippen molar-refractivity contribution in [3.63, 3.8) is 0 Å². The first-order valence-electron chi connectivity index (χ1n) is 9.58. The average molecular weight is 388 g/mol. The molecule has 140 valence electrons. The molecule has 1 aliphatic heterocycles. The van der Waals surface area contributed by atoms with Crippen LogP contribution in [0.1, 0.15) is 27.7 Å². The number of nitrogens with zero attached hydrogens (tertiary/aromatic N) is 2. The fourth-order valence-corrected chi connectivity index (χ4v) is 5.30. The molecule has 0 aliphatic carbocycles. The lowest BCUT2D eigenvalue weighted by Crippen LogP contribution is -2.35. The molecule has 5 heteroatoms. The van der Waals surface area contributed by atoms with Gasteiger partial charge in [-0.1, -0.05) is 42.5 Å². The number of carbonyl (C=O) groups excluding carboxylic acids is 1. The van der Waals surface area contributed by atoms with Crippen molar-refractivity contribution in [3.8, 4) is 0 Å². The molecular weight excluding hydrogens is 368 g/mol. The smallest absolute Gasteiger partial charge is 0.264 e. The van der Waals surface area contributed by atoms with Gasteiger partial charge in [0.05, 0.1) is 15.8 Å². The zero-order valence-corrected chi connectivity index (χ0v) is 16.5. The van der Waals surface area contributed by atoms with Gasteiger partial charge in [-0.05, 0) is 36.6 Å². The van der Waals surface area contributed by atoms with Crippen LogP contribution < -0.4 is 5.56 Å². The van der Waals surface area contributed by atoms with Gasteiger partial charge < -0.3 is 9.47 Å². The Morgan fingerprint density at radius 2 is 1.79 bits per heavy atom. The van der Waals surface area contributed by atoms with Gasteiger partial charge in [0.2, 0.25) is 0 Å². The van der Waals surface area contributed by atoms with E-state index in [1.165, 1.54) is 22.5 Å². The van der Waals surface area contributed by atoms with Crippen molar-refractivity contribution < 1.29 is 4.79 Å². The van der Waals surface area contributed by atoms with Gasteiger partial charge in [-0.3, -0.25) is 9.59 Å². The van der Waals surface area contributed by atoms with Crippen LogP contribution in [-0.2, 0) is 19.5 Å². The summed E-state index contributed by atoms with van der Waals surface area (Å²) in [6.07, 6.45) is 0.873. The quantitative estimate of drug-likeness (QED) is 0.510. The first kappa shape index (κ1) is 17.2. The number of pyridine rings is 1. The predicted octanol–water partition coefficient (Wildman–Crippen LogP) is 4.43. The van der Waals surface area contributed by atoms with Gasteiger partial charge in [-0.25, -0.2) is 0 Å². The Hall–Kier alpha value is -2.92. The van der Waals surface area contributed by atoms with Crippen molar-refractivity contribution >= 4 is 38.2 Å². The number of aryl methyl sites for hydroxylation is 1. The molecule has 4 nitrogen and oxygen atoms in total. The number of carbonyl (C=O) groups is 1. The largest absolute Gasteiger partial charge is 0.333 e. The Balaban J connectivity index is 1.61. The topological polar surface area (TPSA) is 42.3 Å². The summed E-state index contributed by atoms with van der Waals surface area (Å²) in [6, 6.07) is 18.0. The fourth-order valence-electron chi connectivity index (χ4n) is 4.15. The first-order valence-corrected chi connectivity index (χ1v) is 10.4. The normalized spacial score (nSPS) is 13.8. The van der Waals surface area contributed by atoms with E-state index in [0.29, 0.717) is 29.9 Å². The summed E-state index contributed by atoms with van der Waals surface area (Å²) in [5.41, 5.74) is 3.44. The predicted molar refractivity (Wildman–Crippen MR) is 114 cm³/mol. The summed E-state index contributed by atoms with van der Waals surface area (Å²) < 4.78 is 2.70. The zero-order valence-electron chi connectivity index (χ0n) is 15.6. The Morgan fingerprint density at radius 1 is 1.04 bits per heavy atom. The molecule has 0 saturated heterocycles. The molecule has 0 N–H and O–H groups in total. The number of aromatic nitrogens is 1. The molecule has 4 aromatic rings. The molecule has 0 atom stereocenters. The summed E-state index contributed by atoms with van der Waals surface area (Å²) in [5, 5.41) is 1.68. The van der Waals surface area contributed by atoms with Gasteiger partial charge in [-0.2, -0.15) is 0 Å². The first-order chi connectivity index (χ1) is 13.7. The molecule has 5 rings (SSSR count). The summed E-state index contributed by atoms with van der Waals surface area (Å²) in [5.74, 6) is 0.0160. The van der Waals surface area contributed by atoms with E-state index >= 15 is 0 Å². The summed E-state index contributed by atoms with van der Waals surface area (Å²) in [7, 11) is 0. The zero-order chi connectivity index (χ0) is 19.3. The fraction of sp³-hybridized carbons (Fsp3) is 0.217. The van der Waals surface area contributed by atoms with Crippen molar-refractivity contribution in [2.45, 2.75) is 26.4 Å². The van der Waals surface area contributed by atoms with Gasteiger partial charge in [0.15, 0.2) is 0 Å². The van der Waals surface area contributed by atoms with E-state index in [4.69, 9.17) is 0 Å². The second-order valence-electron chi connectivity index (χ2n) is 7.17. The van der Waals surface area contributed by atoms with Crippen LogP contribution in [0.2, 0.25) is 0 Å². The molecule has 28 heavy (non-hydrogen) atoms. The van der Waals surface area contributed by atoms with Crippen LogP contribution in [0, 0.1) is 0 Å². The molecule has 2 aromatic heterocycles. The highest BCUT2D eigenvalue weighted by atomic mass is 32.1. The highest BCUT2D eigenvalue weighted by Gasteiger charge is 2.24. The molecule has 0 bridgehead atoms. The minimum Gasteiger partial charge on any atom is -0.333 e. The van der Waals surface area contributed by atoms with E-state index < -0.39 is 0 Å². The third-order valence-corrected chi connectivity index (χ3v) is 6.75. The molecule has 3 heterocycles. The Kier molecular flexibility index (Phi) is 4.05. The SMILES string of the molecule is CCn1c(=O)c2cc(C(=O)N3CCc4ccccc4C3)sc2c2ccccc21. The Bertz CT molecular complexity index is 1280. The number of thiophene rings is 1. The standard InChI is InChI=1S/C23H20N2O2S/c1-2-25-19-10-6-5-9-17(19)21-18(22(25)26)13-20(28-21)23(27)24-12-11-15-7-3-4-8-16(15)14-24/h3-10,13H,2,11-12,14H2,1H3. The molecule has 0 unspecified atom stereocenters. The van der Waals surface area contributed by atoms with Crippen molar-refractivity contribution in [2.24, 2.45) is 0 Å². The van der Waals surface area contributed by atoms with E-state index in [9.17, 15) is 9.59 Å². The van der Waals surface area contributed by atoms with Crippen LogP contribution in [0.4, 0.5) is 0 Å². The van der Waals surface area contributed by atoms with Gasteiger partial charge in [0.25, 0.3) is 11.5 Å². The Morgan fingerprint density at radius 3 is 2.61 bits per heavy atom. The highest BCUT2D eigenvalue weighted by molar-refractivity contribution is 7.21. The van der Waals surface area contributed by atoms with Crippen molar-refractivity contribution in [1.82, 2.24) is 9.47 Å². The maximum atomic E-state index is 13.2. The molecule has 1 amide bonds. The monoisotopic (exact) mass is 388 g/mol. The van der Waals surface area contributed by atoms with E-state index in [1.54, 1.807) is 10.6 Å². The maximum absolute atomic E-state index is 13.2. The lowest BCUT2D eigenvalue weighted by atomic mass is 10.00. The third kappa shape index (κ3) is 2.58. The summed E-state index contributed by atoms with van der Waals surface area (Å²) >= 11 is 1.44. The van der Waals surface area contributed by atoms with Crippen LogP contribution in [-0.4, -0.2) is 21.9 Å². The lowest BCUT2D eigenvalue weighted by molar-refractivity contribution is 0.0739. The number of benzene rings is 2. The Labute approximate surface area is 166 Å². The number of para-hydroxylation sites is 1. The molecule has 0 spiro atoms. The molecular formula is C23H20N2O2S. The van der Waals surface area contributed by atoms with Gasteiger partial charge in [-0.15, -0.1) is 11.3 Å². The molecule has 0 radical (unpaired) electrons. The number of hydrogen-bond donors (Lipinski definition) is 0. The molecule has 2 aromatic carbocycles. The minimum absolute atomic E-state index is 0.0160. The lowest BCUT2D eigenvalue weighted by Gasteiger charge is -2.28. The van der Waals surface area contributed by atoms with Gasteiger partial charge in [0, 0.05) is 29.7 Å². The second-order valence-corrected chi connectivity index (χ2v) is 8.22. The summed E-state index contributed by atoms with van der Waals surface area (Å²) in [4.78, 5) is 28.7. The van der Waals surface area contributed by atoms with Crippen LogP contribution in [0.3, 0.4) is 0 Å². The number of hydrogen-bond acceptors (Lipinski definition) is 3. The van der Waals surface area contributed by atoms with Crippen LogP contribution in [0.15, 0.2) is 59.4 Å². The van der Waals surface area contributed by atoms with Crippen LogP contribution >= 0.6 is 11.3 Å². The van der Waals surface area contributed by atoms with E-state index in [2.05, 4.69) is 12.1 Å². The summed E-state index contributed by atoms with van der Waals surface area (Å²) in [6.45, 7) is 3.92. The third-order valence-electron chi connectivity index (χ3n) is 5.59. The molecule has 1 aliphatic rings. The number of amides is 1. The van der Waals surface area contributed by atoms with Gasteiger partial charge >= 0.3 is 0 Å². The number of rotatable bonds is 2. The van der Waals surface area contributed by atoms with Crippen LogP contribution in [0.5, 0.6) is 0 Å². The van der Waals surface area contributed by atoms with Crippen LogP contribution in [0.25, 0.3) is 21.0 Å². The van der Waals surface area contributed by atoms with Crippen molar-refractivity contribution in [2.75, 3.05) is 6.54 Å². The van der Waals surface area contributed by atoms with E-state index in [-0.39, 0.29) is 11.5 Å². The second kappa shape index (κ2) is 6.60. The maximum Gasteiger partial charge on any atom is 0.264 e. The van der Waals surface area contributed by atoms with E-state index in [0.717, 1.165) is 22.0 Å². The molecule has 0 saturated carbocycles. The highest BCUT2D eigenvalue weighted by Crippen LogP contribution is 2.32. The van der Waals surface area contributed by atoms with Crippen molar-refractivity contribution in [3.05, 3.63) is 81.0 Å². The van der Waals surface area contributed by atoms with E-state index in [1.807, 2.05) is 48.2 Å². The number of fused-ring (bicyclic) bond motifs is 4. The average Bonchev–Trinajstić information content (AvgIpc) is 3.19. The minimum atomic E-state index is -0.0181. The van der Waals surface area contributed by atoms with Crippen molar-refractivity contribution in [1.29, 1.82) is 0 Å². The molecule has 0 fully saturated rings. The van der Waals surface area contributed by atoms with Gasteiger partial charge in [0.1, 0.15) is 0 Å².